The summed E-state index contributed by atoms with van der Waals surface area (Å²) in [6.07, 6.45) is 7.82. The highest BCUT2D eigenvalue weighted by Crippen LogP contribution is 2.18. The van der Waals surface area contributed by atoms with Crippen LogP contribution in [0.2, 0.25) is 0 Å². The zero-order chi connectivity index (χ0) is 15.6. The van der Waals surface area contributed by atoms with Crippen molar-refractivity contribution in [2.75, 3.05) is 0 Å². The third-order valence-electron chi connectivity index (χ3n) is 2.20. The molecule has 0 aliphatic heterocycles. The van der Waals surface area contributed by atoms with Crippen molar-refractivity contribution in [3.05, 3.63) is 48.6 Å². The van der Waals surface area contributed by atoms with Crippen molar-refractivity contribution in [1.29, 1.82) is 0 Å². The summed E-state index contributed by atoms with van der Waals surface area (Å²) in [5.41, 5.74) is 2.79. The Morgan fingerprint density at radius 1 is 0.889 bits per heavy atom. The van der Waals surface area contributed by atoms with Gasteiger partial charge in [-0.2, -0.15) is 0 Å². The van der Waals surface area contributed by atoms with Crippen molar-refractivity contribution >= 4 is 0 Å². The topological polar surface area (TPSA) is 0 Å². The van der Waals surface area contributed by atoms with Crippen LogP contribution in [0.15, 0.2) is 48.6 Å². The molecule has 0 heteroatoms. The fraction of sp³-hybridized carbons (Fsp3) is 0.556. The molecule has 0 aliphatic carbocycles. The van der Waals surface area contributed by atoms with Gasteiger partial charge in [-0.1, -0.05) is 76.6 Å². The maximum Gasteiger partial charge on any atom is -0.00240 e. The van der Waals surface area contributed by atoms with Crippen LogP contribution in [0.1, 0.15) is 62.3 Å². The lowest BCUT2D eigenvalue weighted by Crippen LogP contribution is -1.97. The Kier molecular flexibility index (Phi) is 35.7. The molecule has 0 amide bonds. The average molecular weight is 252 g/mol. The molecule has 0 aromatic heterocycles. The Hall–Kier alpha value is -1.04. The van der Waals surface area contributed by atoms with E-state index in [-0.39, 0.29) is 0 Å². The van der Waals surface area contributed by atoms with E-state index in [0.717, 1.165) is 0 Å². The highest BCUT2D eigenvalue weighted by atomic mass is 14.1. The monoisotopic (exact) mass is 252 g/mol. The number of rotatable bonds is 3. The molecule has 0 bridgehead atoms. The predicted molar refractivity (Wildman–Crippen MR) is 91.1 cm³/mol. The molecule has 1 atom stereocenters. The van der Waals surface area contributed by atoms with Crippen LogP contribution in [0.5, 0.6) is 0 Å². The summed E-state index contributed by atoms with van der Waals surface area (Å²) in [6.45, 7) is 25.5. The lowest BCUT2D eigenvalue weighted by atomic mass is 9.94. The van der Waals surface area contributed by atoms with Gasteiger partial charge in [-0.3, -0.25) is 0 Å². The van der Waals surface area contributed by atoms with Gasteiger partial charge >= 0.3 is 0 Å². The van der Waals surface area contributed by atoms with Gasteiger partial charge in [-0.05, 0) is 33.6 Å². The van der Waals surface area contributed by atoms with Crippen LogP contribution in [-0.4, -0.2) is 0 Å². The molecule has 0 nitrogen and oxygen atoms in total. The Morgan fingerprint density at radius 3 is 1.44 bits per heavy atom. The first-order valence-corrected chi connectivity index (χ1v) is 7.04. The van der Waals surface area contributed by atoms with Gasteiger partial charge in [0.2, 0.25) is 0 Å². The molecule has 0 aromatic rings. The first-order valence-electron chi connectivity index (χ1n) is 7.04. The molecule has 0 radical (unpaired) electrons. The number of allylic oxidation sites excluding steroid dienone is 6. The Bertz CT molecular complexity index is 216. The second-order valence-electron chi connectivity index (χ2n) is 3.31. The third-order valence-corrected chi connectivity index (χ3v) is 2.20. The third kappa shape index (κ3) is 20.4. The van der Waals surface area contributed by atoms with Crippen molar-refractivity contribution < 1.29 is 0 Å². The molecule has 0 aliphatic rings. The molecule has 108 valence electrons. The van der Waals surface area contributed by atoms with E-state index in [1.54, 1.807) is 6.08 Å². The highest BCUT2D eigenvalue weighted by Gasteiger charge is 2.03. The molecular weight excluding hydrogens is 216 g/mol. The zero-order valence-corrected chi connectivity index (χ0v) is 14.3. The smallest absolute Gasteiger partial charge is 0.00240 e. The minimum Gasteiger partial charge on any atom is -0.103 e. The molecule has 0 spiro atoms. The van der Waals surface area contributed by atoms with E-state index in [0.29, 0.717) is 5.92 Å². The van der Waals surface area contributed by atoms with Crippen molar-refractivity contribution in [1.82, 2.24) is 0 Å². The van der Waals surface area contributed by atoms with Gasteiger partial charge < -0.3 is 0 Å². The van der Waals surface area contributed by atoms with Gasteiger partial charge in [0.15, 0.2) is 0 Å². The van der Waals surface area contributed by atoms with Crippen LogP contribution in [0.3, 0.4) is 0 Å². The average Bonchev–Trinajstić information content (AvgIpc) is 2.42. The van der Waals surface area contributed by atoms with E-state index in [1.165, 1.54) is 11.1 Å². The zero-order valence-electron chi connectivity index (χ0n) is 14.3. The van der Waals surface area contributed by atoms with Gasteiger partial charge in [0.25, 0.3) is 0 Å². The normalized spacial score (nSPS) is 11.4. The van der Waals surface area contributed by atoms with Crippen LogP contribution in [0.4, 0.5) is 0 Å². The number of hydrogen-bond donors (Lipinski definition) is 0. The fourth-order valence-corrected chi connectivity index (χ4v) is 0.939. The summed E-state index contributed by atoms with van der Waals surface area (Å²) < 4.78 is 0. The van der Waals surface area contributed by atoms with Crippen molar-refractivity contribution in [2.24, 2.45) is 5.92 Å². The first kappa shape index (κ1) is 25.7. The van der Waals surface area contributed by atoms with E-state index >= 15 is 0 Å². The van der Waals surface area contributed by atoms with Gasteiger partial charge in [-0.25, -0.2) is 0 Å². The van der Waals surface area contributed by atoms with Crippen molar-refractivity contribution in [2.45, 2.75) is 62.3 Å². The minimum absolute atomic E-state index is 0.554. The summed E-state index contributed by atoms with van der Waals surface area (Å²) in [5.74, 6) is 0.554. The summed E-state index contributed by atoms with van der Waals surface area (Å²) in [6, 6.07) is 0. The standard InChI is InChI=1S/C11H18.C3H6.2C2H6/c1-6-8-10(4)11(5)9(3)7-2;1-3-2;2*1-2/h6-8,11H,1H2,2-5H3;3H,1H2,2H3;2*1-2H3/b9-7?,10-8-;;;. The molecule has 0 saturated carbocycles. The Morgan fingerprint density at radius 2 is 1.22 bits per heavy atom. The molecule has 0 aromatic carbocycles. The van der Waals surface area contributed by atoms with E-state index < -0.39 is 0 Å². The van der Waals surface area contributed by atoms with E-state index in [9.17, 15) is 0 Å². The number of hydrogen-bond acceptors (Lipinski definition) is 0. The highest BCUT2D eigenvalue weighted by molar-refractivity contribution is 5.19. The molecular formula is C18H36. The van der Waals surface area contributed by atoms with E-state index in [4.69, 9.17) is 0 Å². The second-order valence-corrected chi connectivity index (χ2v) is 3.31. The van der Waals surface area contributed by atoms with Crippen LogP contribution in [0, 0.1) is 5.92 Å². The van der Waals surface area contributed by atoms with E-state index in [2.05, 4.69) is 53.0 Å². The molecule has 0 N–H and O–H groups in total. The lowest BCUT2D eigenvalue weighted by Gasteiger charge is -2.11. The van der Waals surface area contributed by atoms with Gasteiger partial charge in [0, 0.05) is 0 Å². The fourth-order valence-electron chi connectivity index (χ4n) is 0.939. The lowest BCUT2D eigenvalue weighted by molar-refractivity contribution is 0.798. The predicted octanol–water partition coefficient (Wildman–Crippen LogP) is 6.97. The minimum atomic E-state index is 0.554. The first-order chi connectivity index (χ1) is 8.54. The molecule has 0 rings (SSSR count). The SMILES string of the molecule is C=C/C=C(/C)C(C)C(C)=CC.C=CC.CC.CC. The van der Waals surface area contributed by atoms with Crippen LogP contribution in [-0.2, 0) is 0 Å². The summed E-state index contributed by atoms with van der Waals surface area (Å²) >= 11 is 0. The summed E-state index contributed by atoms with van der Waals surface area (Å²) in [7, 11) is 0. The van der Waals surface area contributed by atoms with Crippen LogP contribution >= 0.6 is 0 Å². The quantitative estimate of drug-likeness (QED) is 0.376. The Balaban J connectivity index is -0.000000118. The largest absolute Gasteiger partial charge is 0.103 e. The second kappa shape index (κ2) is 25.0. The maximum atomic E-state index is 3.67. The van der Waals surface area contributed by atoms with E-state index in [1.807, 2.05) is 40.7 Å². The summed E-state index contributed by atoms with van der Waals surface area (Å²) in [4.78, 5) is 0. The van der Waals surface area contributed by atoms with Crippen molar-refractivity contribution in [3.8, 4) is 0 Å². The molecule has 18 heavy (non-hydrogen) atoms. The molecule has 0 fully saturated rings. The Labute approximate surface area is 117 Å². The molecule has 0 heterocycles. The molecule has 1 unspecified atom stereocenters. The van der Waals surface area contributed by atoms with Gasteiger partial charge in [-0.15, -0.1) is 6.58 Å². The van der Waals surface area contributed by atoms with Crippen LogP contribution in [0.25, 0.3) is 0 Å². The van der Waals surface area contributed by atoms with Crippen LogP contribution < -0.4 is 0 Å². The maximum absolute atomic E-state index is 3.67. The van der Waals surface area contributed by atoms with Gasteiger partial charge in [0.05, 0.1) is 0 Å². The van der Waals surface area contributed by atoms with Crippen molar-refractivity contribution in [3.63, 3.8) is 0 Å². The molecule has 0 saturated heterocycles. The van der Waals surface area contributed by atoms with Gasteiger partial charge in [0.1, 0.15) is 0 Å². The summed E-state index contributed by atoms with van der Waals surface area (Å²) in [5, 5.41) is 0.